The summed E-state index contributed by atoms with van der Waals surface area (Å²) in [7, 11) is 0. The number of unbranched alkanes of at least 4 members (excludes halogenated alkanes) is 6. The molecule has 0 atom stereocenters. The lowest BCUT2D eigenvalue weighted by molar-refractivity contribution is 0.304. The van der Waals surface area contributed by atoms with Crippen molar-refractivity contribution >= 4 is 12.6 Å². The molecule has 0 amide bonds. The molecule has 0 spiro atoms. The highest BCUT2D eigenvalue weighted by Gasteiger charge is 1.94. The number of aryl methyl sites for hydroxylation is 1. The second-order valence-corrected chi connectivity index (χ2v) is 5.31. The molecular formula is C16H26OS. The Kier molecular flexibility index (Phi) is 8.83. The average Bonchev–Trinajstić information content (AvgIpc) is 2.39. The molecule has 2 heteroatoms. The lowest BCUT2D eigenvalue weighted by atomic mass is 10.1. The summed E-state index contributed by atoms with van der Waals surface area (Å²) < 4.78 is 5.70. The first-order valence-electron chi connectivity index (χ1n) is 7.13. The van der Waals surface area contributed by atoms with Gasteiger partial charge in [0.05, 0.1) is 6.61 Å². The van der Waals surface area contributed by atoms with Crippen LogP contribution in [0.15, 0.2) is 24.3 Å². The second-order valence-electron chi connectivity index (χ2n) is 4.86. The molecule has 0 radical (unpaired) electrons. The van der Waals surface area contributed by atoms with Gasteiger partial charge in [-0.25, -0.2) is 0 Å². The Morgan fingerprint density at radius 2 is 1.39 bits per heavy atom. The molecule has 102 valence electrons. The van der Waals surface area contributed by atoms with Gasteiger partial charge in [-0.15, -0.1) is 0 Å². The van der Waals surface area contributed by atoms with Gasteiger partial charge in [-0.1, -0.05) is 49.8 Å². The minimum absolute atomic E-state index is 0.847. The quantitative estimate of drug-likeness (QED) is 0.461. The zero-order valence-electron chi connectivity index (χ0n) is 11.5. The van der Waals surface area contributed by atoms with E-state index < -0.39 is 0 Å². The van der Waals surface area contributed by atoms with Gasteiger partial charge in [0.2, 0.25) is 0 Å². The number of benzene rings is 1. The van der Waals surface area contributed by atoms with Gasteiger partial charge in [0, 0.05) is 0 Å². The number of hydrogen-bond donors (Lipinski definition) is 1. The van der Waals surface area contributed by atoms with Crippen LogP contribution in [0.5, 0.6) is 5.75 Å². The van der Waals surface area contributed by atoms with Gasteiger partial charge in [-0.2, -0.15) is 12.6 Å². The van der Waals surface area contributed by atoms with E-state index in [4.69, 9.17) is 4.74 Å². The zero-order chi connectivity index (χ0) is 13.1. The van der Waals surface area contributed by atoms with Crippen LogP contribution in [0.4, 0.5) is 0 Å². The maximum Gasteiger partial charge on any atom is 0.119 e. The van der Waals surface area contributed by atoms with Crippen LogP contribution in [0.1, 0.15) is 50.5 Å². The van der Waals surface area contributed by atoms with Crippen LogP contribution in [-0.4, -0.2) is 12.4 Å². The van der Waals surface area contributed by atoms with Gasteiger partial charge >= 0.3 is 0 Å². The molecule has 18 heavy (non-hydrogen) atoms. The van der Waals surface area contributed by atoms with Crippen molar-refractivity contribution in [3.8, 4) is 5.75 Å². The molecule has 0 N–H and O–H groups in total. The predicted octanol–water partition coefficient (Wildman–Crippen LogP) is 5.03. The van der Waals surface area contributed by atoms with Crippen LogP contribution in [0.3, 0.4) is 0 Å². The summed E-state index contributed by atoms with van der Waals surface area (Å²) >= 11 is 4.22. The van der Waals surface area contributed by atoms with Crippen molar-refractivity contribution in [3.63, 3.8) is 0 Å². The van der Waals surface area contributed by atoms with E-state index in [-0.39, 0.29) is 0 Å². The lowest BCUT2D eigenvalue weighted by Gasteiger charge is -2.06. The third-order valence-electron chi connectivity index (χ3n) is 3.09. The molecule has 0 aliphatic heterocycles. The lowest BCUT2D eigenvalue weighted by Crippen LogP contribution is -1.97. The maximum atomic E-state index is 5.70. The fourth-order valence-electron chi connectivity index (χ4n) is 1.92. The Labute approximate surface area is 117 Å². The number of thiol groups is 1. The van der Waals surface area contributed by atoms with E-state index in [9.17, 15) is 0 Å². The monoisotopic (exact) mass is 266 g/mol. The van der Waals surface area contributed by atoms with Crippen molar-refractivity contribution in [2.75, 3.05) is 12.4 Å². The highest BCUT2D eigenvalue weighted by atomic mass is 32.1. The smallest absolute Gasteiger partial charge is 0.119 e. The molecule has 1 aromatic carbocycles. The molecule has 0 saturated heterocycles. The number of ether oxygens (including phenoxy) is 1. The minimum atomic E-state index is 0.847. The van der Waals surface area contributed by atoms with E-state index in [2.05, 4.69) is 31.7 Å². The van der Waals surface area contributed by atoms with Gasteiger partial charge in [0.1, 0.15) is 5.75 Å². The van der Waals surface area contributed by atoms with Crippen LogP contribution in [-0.2, 0) is 0 Å². The van der Waals surface area contributed by atoms with Gasteiger partial charge in [-0.05, 0) is 37.7 Å². The molecular weight excluding hydrogens is 240 g/mol. The van der Waals surface area contributed by atoms with Crippen molar-refractivity contribution in [1.82, 2.24) is 0 Å². The summed E-state index contributed by atoms with van der Waals surface area (Å²) in [6, 6.07) is 8.28. The minimum Gasteiger partial charge on any atom is -0.494 e. The fourth-order valence-corrected chi connectivity index (χ4v) is 2.15. The Morgan fingerprint density at radius 1 is 0.833 bits per heavy atom. The van der Waals surface area contributed by atoms with Crippen LogP contribution >= 0.6 is 12.6 Å². The largest absolute Gasteiger partial charge is 0.494 e. The average molecular weight is 266 g/mol. The summed E-state index contributed by atoms with van der Waals surface area (Å²) in [4.78, 5) is 0. The Balaban J connectivity index is 1.91. The second kappa shape index (κ2) is 10.3. The van der Waals surface area contributed by atoms with Crippen molar-refractivity contribution in [2.24, 2.45) is 0 Å². The van der Waals surface area contributed by atoms with E-state index >= 15 is 0 Å². The summed E-state index contributed by atoms with van der Waals surface area (Å²) in [5, 5.41) is 0. The highest BCUT2D eigenvalue weighted by molar-refractivity contribution is 7.80. The molecule has 1 aromatic rings. The van der Waals surface area contributed by atoms with Crippen LogP contribution < -0.4 is 4.74 Å². The van der Waals surface area contributed by atoms with E-state index in [1.54, 1.807) is 0 Å². The standard InChI is InChI=1S/C16H26OS/c1-15-9-11-16(12-10-15)17-13-7-5-3-2-4-6-8-14-18/h9-12,18H,2-8,13-14H2,1H3. The van der Waals surface area contributed by atoms with Crippen molar-refractivity contribution in [2.45, 2.75) is 51.9 Å². The Bertz CT molecular complexity index is 294. The van der Waals surface area contributed by atoms with E-state index in [1.807, 2.05) is 12.1 Å². The maximum absolute atomic E-state index is 5.70. The third-order valence-corrected chi connectivity index (χ3v) is 3.41. The number of rotatable bonds is 10. The van der Waals surface area contributed by atoms with E-state index in [0.717, 1.165) is 18.1 Å². The third kappa shape index (κ3) is 7.65. The summed E-state index contributed by atoms with van der Waals surface area (Å²) in [5.41, 5.74) is 1.28. The van der Waals surface area contributed by atoms with Gasteiger partial charge in [-0.3, -0.25) is 0 Å². The van der Waals surface area contributed by atoms with Gasteiger partial charge in [0.15, 0.2) is 0 Å². The molecule has 0 aliphatic carbocycles. The molecule has 0 aliphatic rings. The first-order valence-corrected chi connectivity index (χ1v) is 7.76. The molecule has 0 saturated carbocycles. The topological polar surface area (TPSA) is 9.23 Å². The van der Waals surface area contributed by atoms with Crippen molar-refractivity contribution in [3.05, 3.63) is 29.8 Å². The Hall–Kier alpha value is -0.630. The molecule has 1 rings (SSSR count). The van der Waals surface area contributed by atoms with Gasteiger partial charge < -0.3 is 4.74 Å². The van der Waals surface area contributed by atoms with Crippen molar-refractivity contribution in [1.29, 1.82) is 0 Å². The first kappa shape index (κ1) is 15.4. The predicted molar refractivity (Wildman–Crippen MR) is 82.8 cm³/mol. The Morgan fingerprint density at radius 3 is 2.00 bits per heavy atom. The van der Waals surface area contributed by atoms with Crippen LogP contribution in [0.25, 0.3) is 0 Å². The van der Waals surface area contributed by atoms with Crippen molar-refractivity contribution < 1.29 is 4.74 Å². The molecule has 0 unspecified atom stereocenters. The first-order chi connectivity index (χ1) is 8.83. The van der Waals surface area contributed by atoms with Crippen LogP contribution in [0.2, 0.25) is 0 Å². The molecule has 0 heterocycles. The van der Waals surface area contributed by atoms with Gasteiger partial charge in [0.25, 0.3) is 0 Å². The molecule has 0 bridgehead atoms. The number of hydrogen-bond acceptors (Lipinski definition) is 2. The zero-order valence-corrected chi connectivity index (χ0v) is 12.4. The fraction of sp³-hybridized carbons (Fsp3) is 0.625. The highest BCUT2D eigenvalue weighted by Crippen LogP contribution is 2.13. The summed E-state index contributed by atoms with van der Waals surface area (Å²) in [6.45, 7) is 2.94. The van der Waals surface area contributed by atoms with E-state index in [1.165, 1.54) is 50.5 Å². The summed E-state index contributed by atoms with van der Waals surface area (Å²) in [5.74, 6) is 2.03. The van der Waals surface area contributed by atoms with Crippen LogP contribution in [0, 0.1) is 6.92 Å². The molecule has 1 nitrogen and oxygen atoms in total. The summed E-state index contributed by atoms with van der Waals surface area (Å²) in [6.07, 6.45) is 9.11. The molecule has 0 aromatic heterocycles. The SMILES string of the molecule is Cc1ccc(OCCCCCCCCCS)cc1. The molecule has 0 fully saturated rings. The van der Waals surface area contributed by atoms with E-state index in [0.29, 0.717) is 0 Å². The normalized spacial score (nSPS) is 10.6.